The summed E-state index contributed by atoms with van der Waals surface area (Å²) in [5.74, 6) is 0.530. The molecule has 3 rings (SSSR count). The van der Waals surface area contributed by atoms with Gasteiger partial charge in [0.1, 0.15) is 11.6 Å². The number of hydrogen-bond acceptors (Lipinski definition) is 6. The average Bonchev–Trinajstić information content (AvgIpc) is 2.97. The molecule has 2 fully saturated rings. The monoisotopic (exact) mass is 409 g/mol. The van der Waals surface area contributed by atoms with E-state index >= 15 is 0 Å². The standard InChI is InChI=1S/C20H28FN3O3S/c1-15(2)27-18-13-16(21)5-6-17(18)23-11-9-22(10-12-23)7-3-4-8-24-19(25)14-28-20(24)26/h5-6,13,15H,3-4,7-12,14H2,1-2H3. The van der Waals surface area contributed by atoms with Crippen LogP contribution in [0.3, 0.4) is 0 Å². The van der Waals surface area contributed by atoms with Gasteiger partial charge < -0.3 is 9.64 Å². The van der Waals surface area contributed by atoms with Gasteiger partial charge in [-0.05, 0) is 45.4 Å². The molecule has 0 spiro atoms. The third-order valence-corrected chi connectivity index (χ3v) is 5.80. The number of piperazine rings is 1. The first-order valence-corrected chi connectivity index (χ1v) is 10.8. The highest BCUT2D eigenvalue weighted by Gasteiger charge is 2.29. The van der Waals surface area contributed by atoms with E-state index in [2.05, 4.69) is 9.80 Å². The van der Waals surface area contributed by atoms with Gasteiger partial charge >= 0.3 is 0 Å². The van der Waals surface area contributed by atoms with Crippen molar-refractivity contribution in [3.05, 3.63) is 24.0 Å². The normalized spacial score (nSPS) is 18.4. The predicted molar refractivity (Wildman–Crippen MR) is 110 cm³/mol. The molecule has 28 heavy (non-hydrogen) atoms. The Hall–Kier alpha value is -1.80. The minimum absolute atomic E-state index is 0.00499. The van der Waals surface area contributed by atoms with Crippen LogP contribution in [0.5, 0.6) is 5.75 Å². The topological polar surface area (TPSA) is 53.1 Å². The SMILES string of the molecule is CC(C)Oc1cc(F)ccc1N1CCN(CCCCN2C(=O)CSC2=O)CC1. The fourth-order valence-electron chi connectivity index (χ4n) is 3.51. The molecule has 0 saturated carbocycles. The van der Waals surface area contributed by atoms with Crippen LogP contribution in [0.1, 0.15) is 26.7 Å². The summed E-state index contributed by atoms with van der Waals surface area (Å²) in [5.41, 5.74) is 0.943. The Labute approximate surface area is 170 Å². The molecule has 0 radical (unpaired) electrons. The molecule has 154 valence electrons. The summed E-state index contributed by atoms with van der Waals surface area (Å²) in [5, 5.41) is -0.114. The van der Waals surface area contributed by atoms with Crippen LogP contribution in [0.4, 0.5) is 14.9 Å². The lowest BCUT2D eigenvalue weighted by molar-refractivity contribution is -0.124. The highest BCUT2D eigenvalue weighted by atomic mass is 32.2. The second-order valence-electron chi connectivity index (χ2n) is 7.41. The van der Waals surface area contributed by atoms with Crippen molar-refractivity contribution in [3.63, 3.8) is 0 Å². The van der Waals surface area contributed by atoms with Gasteiger partial charge in [0.05, 0.1) is 17.5 Å². The molecule has 6 nitrogen and oxygen atoms in total. The summed E-state index contributed by atoms with van der Waals surface area (Å²) in [4.78, 5) is 29.2. The van der Waals surface area contributed by atoms with E-state index in [4.69, 9.17) is 4.74 Å². The molecule has 0 bridgehead atoms. The molecule has 0 unspecified atom stereocenters. The maximum atomic E-state index is 13.6. The van der Waals surface area contributed by atoms with Crippen LogP contribution < -0.4 is 9.64 Å². The van der Waals surface area contributed by atoms with Crippen molar-refractivity contribution in [1.29, 1.82) is 0 Å². The molecule has 2 heterocycles. The summed E-state index contributed by atoms with van der Waals surface area (Å²) in [6.07, 6.45) is 1.79. The van der Waals surface area contributed by atoms with Crippen LogP contribution in [0.15, 0.2) is 18.2 Å². The predicted octanol–water partition coefficient (Wildman–Crippen LogP) is 3.21. The first-order chi connectivity index (χ1) is 13.4. The fraction of sp³-hybridized carbons (Fsp3) is 0.600. The van der Waals surface area contributed by atoms with Gasteiger partial charge in [0, 0.05) is 38.8 Å². The highest BCUT2D eigenvalue weighted by Crippen LogP contribution is 2.31. The zero-order chi connectivity index (χ0) is 20.1. The maximum absolute atomic E-state index is 13.6. The average molecular weight is 410 g/mol. The molecule has 8 heteroatoms. The zero-order valence-corrected chi connectivity index (χ0v) is 17.3. The highest BCUT2D eigenvalue weighted by molar-refractivity contribution is 8.14. The molecule has 0 atom stereocenters. The van der Waals surface area contributed by atoms with E-state index in [-0.39, 0.29) is 28.8 Å². The maximum Gasteiger partial charge on any atom is 0.288 e. The molecular weight excluding hydrogens is 381 g/mol. The number of unbranched alkanes of at least 4 members (excludes halogenated alkanes) is 1. The first kappa shape index (κ1) is 20.9. The number of imide groups is 1. The summed E-state index contributed by atoms with van der Waals surface area (Å²) in [7, 11) is 0. The van der Waals surface area contributed by atoms with Crippen LogP contribution in [-0.2, 0) is 4.79 Å². The number of benzene rings is 1. The second-order valence-corrected chi connectivity index (χ2v) is 8.34. The van der Waals surface area contributed by atoms with E-state index in [9.17, 15) is 14.0 Å². The second kappa shape index (κ2) is 9.60. The molecule has 1 aromatic carbocycles. The van der Waals surface area contributed by atoms with Gasteiger partial charge in [-0.15, -0.1) is 0 Å². The first-order valence-electron chi connectivity index (χ1n) is 9.84. The van der Waals surface area contributed by atoms with Crippen molar-refractivity contribution in [2.24, 2.45) is 0 Å². The minimum atomic E-state index is -0.286. The number of anilines is 1. The molecule has 2 saturated heterocycles. The lowest BCUT2D eigenvalue weighted by Gasteiger charge is -2.37. The molecule has 1 aromatic rings. The molecule has 0 aliphatic carbocycles. The summed E-state index contributed by atoms with van der Waals surface area (Å²) < 4.78 is 19.4. The summed E-state index contributed by atoms with van der Waals surface area (Å²) >= 11 is 1.09. The van der Waals surface area contributed by atoms with Gasteiger partial charge in [0.25, 0.3) is 5.24 Å². The van der Waals surface area contributed by atoms with Crippen LogP contribution in [-0.4, -0.2) is 72.1 Å². The molecule has 2 aliphatic rings. The third kappa shape index (κ3) is 5.38. The van der Waals surface area contributed by atoms with Crippen LogP contribution in [0.25, 0.3) is 0 Å². The summed E-state index contributed by atoms with van der Waals surface area (Å²) in [6, 6.07) is 4.74. The quantitative estimate of drug-likeness (QED) is 0.615. The number of halogens is 1. The lowest BCUT2D eigenvalue weighted by Crippen LogP contribution is -2.46. The Kier molecular flexibility index (Phi) is 7.18. The number of nitrogens with zero attached hydrogens (tertiary/aromatic N) is 3. The molecule has 0 N–H and O–H groups in total. The van der Waals surface area contributed by atoms with E-state index in [0.717, 1.165) is 63.0 Å². The van der Waals surface area contributed by atoms with Crippen LogP contribution in [0.2, 0.25) is 0 Å². The van der Waals surface area contributed by atoms with Gasteiger partial charge in [0.2, 0.25) is 5.91 Å². The fourth-order valence-corrected chi connectivity index (χ4v) is 4.26. The number of amides is 2. The molecule has 0 aromatic heterocycles. The van der Waals surface area contributed by atoms with Crippen molar-refractivity contribution in [3.8, 4) is 5.75 Å². The Balaban J connectivity index is 1.43. The van der Waals surface area contributed by atoms with Crippen molar-refractivity contribution in [2.45, 2.75) is 32.8 Å². The summed E-state index contributed by atoms with van der Waals surface area (Å²) in [6.45, 7) is 8.93. The Morgan fingerprint density at radius 2 is 1.82 bits per heavy atom. The number of carbonyl (C=O) groups excluding carboxylic acids is 2. The van der Waals surface area contributed by atoms with Gasteiger partial charge in [-0.25, -0.2) is 4.39 Å². The molecular formula is C20H28FN3O3S. The smallest absolute Gasteiger partial charge is 0.288 e. The zero-order valence-electron chi connectivity index (χ0n) is 16.5. The van der Waals surface area contributed by atoms with Crippen LogP contribution >= 0.6 is 11.8 Å². The van der Waals surface area contributed by atoms with Crippen molar-refractivity contribution >= 4 is 28.6 Å². The van der Waals surface area contributed by atoms with E-state index in [1.165, 1.54) is 17.0 Å². The van der Waals surface area contributed by atoms with Crippen molar-refractivity contribution in [2.75, 3.05) is 49.9 Å². The van der Waals surface area contributed by atoms with Gasteiger partial charge in [0.15, 0.2) is 0 Å². The number of rotatable bonds is 8. The van der Waals surface area contributed by atoms with E-state index in [0.29, 0.717) is 12.3 Å². The van der Waals surface area contributed by atoms with Crippen molar-refractivity contribution < 1.29 is 18.7 Å². The Morgan fingerprint density at radius 1 is 1.11 bits per heavy atom. The molecule has 2 amide bonds. The third-order valence-electron chi connectivity index (χ3n) is 4.94. The van der Waals surface area contributed by atoms with E-state index in [1.807, 2.05) is 13.8 Å². The van der Waals surface area contributed by atoms with E-state index < -0.39 is 0 Å². The number of carbonyl (C=O) groups is 2. The number of hydrogen-bond donors (Lipinski definition) is 0. The Bertz CT molecular complexity index is 692. The van der Waals surface area contributed by atoms with Gasteiger partial charge in [-0.3, -0.25) is 19.4 Å². The van der Waals surface area contributed by atoms with Gasteiger partial charge in [-0.1, -0.05) is 11.8 Å². The number of thioether (sulfide) groups is 1. The van der Waals surface area contributed by atoms with Gasteiger partial charge in [-0.2, -0.15) is 0 Å². The van der Waals surface area contributed by atoms with Crippen molar-refractivity contribution in [1.82, 2.24) is 9.80 Å². The molecule has 2 aliphatic heterocycles. The largest absolute Gasteiger partial charge is 0.489 e. The Morgan fingerprint density at radius 3 is 2.46 bits per heavy atom. The lowest BCUT2D eigenvalue weighted by atomic mass is 10.2. The number of ether oxygens (including phenoxy) is 1. The van der Waals surface area contributed by atoms with Crippen LogP contribution in [0, 0.1) is 5.82 Å². The van der Waals surface area contributed by atoms with E-state index in [1.54, 1.807) is 6.07 Å². The minimum Gasteiger partial charge on any atom is -0.489 e.